The fraction of sp³-hybridized carbons (Fsp3) is 0.467. The Balaban J connectivity index is 2.22. The summed E-state index contributed by atoms with van der Waals surface area (Å²) in [5.41, 5.74) is 3.50. The molecular weight excluding hydrogens is 240 g/mol. The van der Waals surface area contributed by atoms with Crippen molar-refractivity contribution in [3.8, 4) is 0 Å². The molecule has 0 spiro atoms. The summed E-state index contributed by atoms with van der Waals surface area (Å²) in [5.74, 6) is -0.119. The van der Waals surface area contributed by atoms with Gasteiger partial charge >= 0.3 is 0 Å². The summed E-state index contributed by atoms with van der Waals surface area (Å²) in [7, 11) is 1.86. The number of carbonyl (C=O) groups is 2. The molecule has 4 heteroatoms. The first-order valence-electron chi connectivity index (χ1n) is 6.60. The summed E-state index contributed by atoms with van der Waals surface area (Å²) >= 11 is 0. The fourth-order valence-corrected chi connectivity index (χ4v) is 2.49. The predicted molar refractivity (Wildman–Crippen MR) is 73.7 cm³/mol. The number of carbonyl (C=O) groups excluding carboxylic acids is 2. The Bertz CT molecular complexity index is 495. The highest BCUT2D eigenvalue weighted by atomic mass is 16.2. The van der Waals surface area contributed by atoms with Crippen molar-refractivity contribution in [2.75, 3.05) is 13.6 Å². The maximum Gasteiger partial charge on any atom is 0.229 e. The first kappa shape index (κ1) is 13.7. The van der Waals surface area contributed by atoms with E-state index in [2.05, 4.69) is 23.5 Å². The van der Waals surface area contributed by atoms with Gasteiger partial charge in [0.1, 0.15) is 0 Å². The summed E-state index contributed by atoms with van der Waals surface area (Å²) in [6, 6.07) is 6.24. The number of hydrogen-bond acceptors (Lipinski definition) is 3. The van der Waals surface area contributed by atoms with Crippen LogP contribution in [0.4, 0.5) is 0 Å². The molecule has 1 N–H and O–H groups in total. The predicted octanol–water partition coefficient (Wildman–Crippen LogP) is 1.71. The Kier molecular flexibility index (Phi) is 4.00. The van der Waals surface area contributed by atoms with E-state index in [-0.39, 0.29) is 17.9 Å². The van der Waals surface area contributed by atoms with Gasteiger partial charge in [0.15, 0.2) is 0 Å². The standard InChI is InChI=1S/C15H20N2O2/c1-10-4-5-11(2)12(8-10)13(16-3)9-17-14(18)6-7-15(17)19/h4-5,8,13,16H,6-7,9H2,1-3H3. The van der Waals surface area contributed by atoms with E-state index < -0.39 is 0 Å². The van der Waals surface area contributed by atoms with Crippen LogP contribution < -0.4 is 5.32 Å². The number of amides is 2. The lowest BCUT2D eigenvalue weighted by Crippen LogP contribution is -2.37. The Morgan fingerprint density at radius 3 is 2.42 bits per heavy atom. The van der Waals surface area contributed by atoms with Crippen molar-refractivity contribution in [2.45, 2.75) is 32.7 Å². The molecule has 0 aliphatic carbocycles. The zero-order valence-electron chi connectivity index (χ0n) is 11.7. The summed E-state index contributed by atoms with van der Waals surface area (Å²) in [5, 5.41) is 3.21. The van der Waals surface area contributed by atoms with Gasteiger partial charge in [0.25, 0.3) is 0 Å². The molecule has 1 aliphatic heterocycles. The van der Waals surface area contributed by atoms with Gasteiger partial charge < -0.3 is 5.32 Å². The Labute approximate surface area is 113 Å². The Morgan fingerprint density at radius 1 is 1.21 bits per heavy atom. The second-order valence-corrected chi connectivity index (χ2v) is 5.10. The van der Waals surface area contributed by atoms with Crippen LogP contribution in [0.2, 0.25) is 0 Å². The third-order valence-corrected chi connectivity index (χ3v) is 3.68. The average Bonchev–Trinajstić information content (AvgIpc) is 2.70. The van der Waals surface area contributed by atoms with Crippen molar-refractivity contribution in [1.29, 1.82) is 0 Å². The lowest BCUT2D eigenvalue weighted by atomic mass is 9.98. The van der Waals surface area contributed by atoms with E-state index in [1.165, 1.54) is 16.0 Å². The number of likely N-dealkylation sites (N-methyl/N-ethyl adjacent to an activating group) is 1. The van der Waals surface area contributed by atoms with Crippen LogP contribution in [0, 0.1) is 13.8 Å². The third-order valence-electron chi connectivity index (χ3n) is 3.68. The summed E-state index contributed by atoms with van der Waals surface area (Å²) in [4.78, 5) is 24.8. The number of rotatable bonds is 4. The number of aryl methyl sites for hydroxylation is 2. The minimum atomic E-state index is -0.0597. The highest BCUT2D eigenvalue weighted by molar-refractivity contribution is 6.01. The van der Waals surface area contributed by atoms with E-state index in [4.69, 9.17) is 0 Å². The summed E-state index contributed by atoms with van der Waals surface area (Å²) in [6.45, 7) is 4.51. The van der Waals surface area contributed by atoms with Crippen LogP contribution in [0.15, 0.2) is 18.2 Å². The molecule has 1 fully saturated rings. The second kappa shape index (κ2) is 5.53. The molecule has 4 nitrogen and oxygen atoms in total. The SMILES string of the molecule is CNC(CN1C(=O)CCC1=O)c1cc(C)ccc1C. The Morgan fingerprint density at radius 2 is 1.84 bits per heavy atom. The zero-order valence-corrected chi connectivity index (χ0v) is 11.7. The van der Waals surface area contributed by atoms with Crippen LogP contribution in [0.25, 0.3) is 0 Å². The molecular formula is C15H20N2O2. The molecule has 1 unspecified atom stereocenters. The lowest BCUT2D eigenvalue weighted by Gasteiger charge is -2.24. The van der Waals surface area contributed by atoms with E-state index in [9.17, 15) is 9.59 Å². The number of benzene rings is 1. The van der Waals surface area contributed by atoms with Gasteiger partial charge in [0.05, 0.1) is 6.04 Å². The van der Waals surface area contributed by atoms with E-state index in [0.29, 0.717) is 19.4 Å². The van der Waals surface area contributed by atoms with Crippen LogP contribution in [-0.2, 0) is 9.59 Å². The molecule has 0 radical (unpaired) electrons. The molecule has 1 atom stereocenters. The van der Waals surface area contributed by atoms with E-state index in [0.717, 1.165) is 5.56 Å². The molecule has 2 rings (SSSR count). The monoisotopic (exact) mass is 260 g/mol. The molecule has 0 aromatic heterocycles. The van der Waals surface area contributed by atoms with Crippen LogP contribution in [0.5, 0.6) is 0 Å². The van der Waals surface area contributed by atoms with Gasteiger partial charge in [0, 0.05) is 19.4 Å². The summed E-state index contributed by atoms with van der Waals surface area (Å²) in [6.07, 6.45) is 0.699. The number of imide groups is 1. The van der Waals surface area contributed by atoms with E-state index >= 15 is 0 Å². The molecule has 1 aromatic rings. The van der Waals surface area contributed by atoms with Crippen molar-refractivity contribution < 1.29 is 9.59 Å². The zero-order chi connectivity index (χ0) is 14.0. The normalized spacial score (nSPS) is 17.1. The van der Waals surface area contributed by atoms with Crippen molar-refractivity contribution >= 4 is 11.8 Å². The molecule has 1 saturated heterocycles. The molecule has 0 saturated carbocycles. The van der Waals surface area contributed by atoms with Crippen LogP contribution in [0.3, 0.4) is 0 Å². The van der Waals surface area contributed by atoms with Crippen molar-refractivity contribution in [3.63, 3.8) is 0 Å². The van der Waals surface area contributed by atoms with Gasteiger partial charge in [-0.3, -0.25) is 14.5 Å². The maximum atomic E-state index is 11.7. The lowest BCUT2D eigenvalue weighted by molar-refractivity contribution is -0.138. The number of nitrogens with one attached hydrogen (secondary N) is 1. The molecule has 0 bridgehead atoms. The molecule has 1 heterocycles. The first-order valence-corrected chi connectivity index (χ1v) is 6.60. The average molecular weight is 260 g/mol. The Hall–Kier alpha value is -1.68. The topological polar surface area (TPSA) is 49.4 Å². The van der Waals surface area contributed by atoms with Crippen LogP contribution >= 0.6 is 0 Å². The fourth-order valence-electron chi connectivity index (χ4n) is 2.49. The van der Waals surface area contributed by atoms with Gasteiger partial charge in [-0.25, -0.2) is 0 Å². The minimum absolute atomic E-state index is 0.00843. The highest BCUT2D eigenvalue weighted by Gasteiger charge is 2.31. The molecule has 1 aromatic carbocycles. The smallest absolute Gasteiger partial charge is 0.229 e. The maximum absolute atomic E-state index is 11.7. The molecule has 2 amide bonds. The van der Waals surface area contributed by atoms with Crippen molar-refractivity contribution in [3.05, 3.63) is 34.9 Å². The molecule has 19 heavy (non-hydrogen) atoms. The highest BCUT2D eigenvalue weighted by Crippen LogP contribution is 2.22. The number of hydrogen-bond donors (Lipinski definition) is 1. The number of likely N-dealkylation sites (tertiary alicyclic amines) is 1. The van der Waals surface area contributed by atoms with Crippen LogP contribution in [0.1, 0.15) is 35.6 Å². The second-order valence-electron chi connectivity index (χ2n) is 5.10. The van der Waals surface area contributed by atoms with E-state index in [1.807, 2.05) is 20.9 Å². The van der Waals surface area contributed by atoms with Gasteiger partial charge in [-0.2, -0.15) is 0 Å². The largest absolute Gasteiger partial charge is 0.312 e. The van der Waals surface area contributed by atoms with Gasteiger partial charge in [-0.05, 0) is 32.0 Å². The van der Waals surface area contributed by atoms with E-state index in [1.54, 1.807) is 0 Å². The van der Waals surface area contributed by atoms with Gasteiger partial charge in [0.2, 0.25) is 11.8 Å². The third kappa shape index (κ3) is 2.84. The van der Waals surface area contributed by atoms with Crippen molar-refractivity contribution in [2.24, 2.45) is 0 Å². The van der Waals surface area contributed by atoms with Gasteiger partial charge in [-0.15, -0.1) is 0 Å². The van der Waals surface area contributed by atoms with Crippen LogP contribution in [-0.4, -0.2) is 30.3 Å². The quantitative estimate of drug-likeness (QED) is 0.838. The minimum Gasteiger partial charge on any atom is -0.312 e. The van der Waals surface area contributed by atoms with Crippen molar-refractivity contribution in [1.82, 2.24) is 10.2 Å². The number of nitrogens with zero attached hydrogens (tertiary/aromatic N) is 1. The summed E-state index contributed by atoms with van der Waals surface area (Å²) < 4.78 is 0. The van der Waals surface area contributed by atoms with Gasteiger partial charge in [-0.1, -0.05) is 23.8 Å². The first-order chi connectivity index (χ1) is 9.02. The molecule has 102 valence electrons. The molecule has 1 aliphatic rings.